The van der Waals surface area contributed by atoms with Gasteiger partial charge in [-0.2, -0.15) is 4.98 Å². The quantitative estimate of drug-likeness (QED) is 0.848. The van der Waals surface area contributed by atoms with Crippen LogP contribution in [0.15, 0.2) is 4.52 Å². The summed E-state index contributed by atoms with van der Waals surface area (Å²) in [6, 6.07) is 0. The van der Waals surface area contributed by atoms with Crippen LogP contribution >= 0.6 is 0 Å². The Labute approximate surface area is 101 Å². The molecule has 2 heterocycles. The Bertz CT molecular complexity index is 357. The standard InChI is InChI=1S/C11H19N3O3/c1-4-11(2,15-3)10-13-9(17-14-10)8-7-12-5-6-16-8/h8,12H,4-7H2,1-3H3. The minimum atomic E-state index is -0.496. The van der Waals surface area contributed by atoms with Gasteiger partial charge in [0, 0.05) is 20.2 Å². The molecule has 0 aromatic carbocycles. The van der Waals surface area contributed by atoms with Gasteiger partial charge in [0.25, 0.3) is 5.89 Å². The summed E-state index contributed by atoms with van der Waals surface area (Å²) < 4.78 is 16.2. The third-order valence-electron chi connectivity index (χ3n) is 3.24. The van der Waals surface area contributed by atoms with Gasteiger partial charge < -0.3 is 19.3 Å². The maximum absolute atomic E-state index is 5.56. The summed E-state index contributed by atoms with van der Waals surface area (Å²) >= 11 is 0. The number of nitrogens with one attached hydrogen (secondary N) is 1. The number of hydrogen-bond acceptors (Lipinski definition) is 6. The van der Waals surface area contributed by atoms with Gasteiger partial charge in [0.05, 0.1) is 6.61 Å². The number of aromatic nitrogens is 2. The monoisotopic (exact) mass is 241 g/mol. The van der Waals surface area contributed by atoms with E-state index in [1.54, 1.807) is 7.11 Å². The highest BCUT2D eigenvalue weighted by Gasteiger charge is 2.32. The fourth-order valence-corrected chi connectivity index (χ4v) is 1.70. The lowest BCUT2D eigenvalue weighted by Crippen LogP contribution is -2.33. The van der Waals surface area contributed by atoms with Crippen molar-refractivity contribution in [1.82, 2.24) is 15.5 Å². The Morgan fingerprint density at radius 1 is 1.59 bits per heavy atom. The van der Waals surface area contributed by atoms with E-state index in [2.05, 4.69) is 15.5 Å². The third kappa shape index (κ3) is 2.48. The van der Waals surface area contributed by atoms with Gasteiger partial charge in [0.1, 0.15) is 11.7 Å². The van der Waals surface area contributed by atoms with E-state index >= 15 is 0 Å². The SMILES string of the molecule is CCC(C)(OC)c1noc(C2CNCCO2)n1. The first-order chi connectivity index (χ1) is 8.19. The highest BCUT2D eigenvalue weighted by Crippen LogP contribution is 2.27. The molecule has 96 valence electrons. The van der Waals surface area contributed by atoms with Crippen molar-refractivity contribution >= 4 is 0 Å². The van der Waals surface area contributed by atoms with Gasteiger partial charge >= 0.3 is 0 Å². The molecule has 1 aliphatic rings. The molecular weight excluding hydrogens is 222 g/mol. The van der Waals surface area contributed by atoms with Crippen molar-refractivity contribution in [2.75, 3.05) is 26.8 Å². The van der Waals surface area contributed by atoms with Crippen LogP contribution in [-0.2, 0) is 15.1 Å². The van der Waals surface area contributed by atoms with E-state index in [1.807, 2.05) is 13.8 Å². The van der Waals surface area contributed by atoms with E-state index in [-0.39, 0.29) is 6.10 Å². The zero-order valence-electron chi connectivity index (χ0n) is 10.5. The first-order valence-electron chi connectivity index (χ1n) is 5.91. The summed E-state index contributed by atoms with van der Waals surface area (Å²) in [5.41, 5.74) is -0.496. The zero-order chi connectivity index (χ0) is 12.3. The Morgan fingerprint density at radius 2 is 2.41 bits per heavy atom. The average Bonchev–Trinajstić information content (AvgIpc) is 2.89. The molecule has 1 saturated heterocycles. The van der Waals surface area contributed by atoms with E-state index < -0.39 is 5.60 Å². The normalized spacial score (nSPS) is 24.5. The second-order valence-corrected chi connectivity index (χ2v) is 4.31. The molecule has 0 radical (unpaired) electrons. The van der Waals surface area contributed by atoms with E-state index in [1.165, 1.54) is 0 Å². The molecule has 2 unspecified atom stereocenters. The number of nitrogens with zero attached hydrogens (tertiary/aromatic N) is 2. The van der Waals surface area contributed by atoms with Gasteiger partial charge in [-0.15, -0.1) is 0 Å². The minimum Gasteiger partial charge on any atom is -0.370 e. The molecule has 1 N–H and O–H groups in total. The molecule has 6 nitrogen and oxygen atoms in total. The molecule has 17 heavy (non-hydrogen) atoms. The largest absolute Gasteiger partial charge is 0.370 e. The molecule has 0 spiro atoms. The van der Waals surface area contributed by atoms with Gasteiger partial charge in [-0.05, 0) is 13.3 Å². The van der Waals surface area contributed by atoms with Crippen molar-refractivity contribution < 1.29 is 14.0 Å². The summed E-state index contributed by atoms with van der Waals surface area (Å²) in [5, 5.41) is 7.21. The highest BCUT2D eigenvalue weighted by molar-refractivity contribution is 5.01. The van der Waals surface area contributed by atoms with Crippen molar-refractivity contribution in [3.8, 4) is 0 Å². The third-order valence-corrected chi connectivity index (χ3v) is 3.24. The molecule has 1 fully saturated rings. The summed E-state index contributed by atoms with van der Waals surface area (Å²) in [4.78, 5) is 4.38. The second-order valence-electron chi connectivity index (χ2n) is 4.31. The van der Waals surface area contributed by atoms with E-state index in [0.717, 1.165) is 13.0 Å². The van der Waals surface area contributed by atoms with Crippen LogP contribution in [-0.4, -0.2) is 36.9 Å². The molecule has 1 aromatic rings. The van der Waals surface area contributed by atoms with E-state index in [9.17, 15) is 0 Å². The van der Waals surface area contributed by atoms with Crippen molar-refractivity contribution in [2.45, 2.75) is 32.0 Å². The molecule has 0 amide bonds. The number of morpholine rings is 1. The van der Waals surface area contributed by atoms with Gasteiger partial charge in [-0.25, -0.2) is 0 Å². The maximum Gasteiger partial charge on any atom is 0.257 e. The predicted octanol–water partition coefficient (Wildman–Crippen LogP) is 1.00. The lowest BCUT2D eigenvalue weighted by atomic mass is 10.0. The van der Waals surface area contributed by atoms with Crippen LogP contribution in [0, 0.1) is 0 Å². The van der Waals surface area contributed by atoms with Crippen molar-refractivity contribution in [1.29, 1.82) is 0 Å². The van der Waals surface area contributed by atoms with Crippen LogP contribution in [0.5, 0.6) is 0 Å². The van der Waals surface area contributed by atoms with Crippen molar-refractivity contribution in [2.24, 2.45) is 0 Å². The summed E-state index contributed by atoms with van der Waals surface area (Å²) in [5.74, 6) is 1.09. The fourth-order valence-electron chi connectivity index (χ4n) is 1.70. The van der Waals surface area contributed by atoms with Crippen LogP contribution in [0.25, 0.3) is 0 Å². The van der Waals surface area contributed by atoms with E-state index in [0.29, 0.717) is 24.9 Å². The lowest BCUT2D eigenvalue weighted by Gasteiger charge is -2.22. The minimum absolute atomic E-state index is 0.150. The molecule has 0 aliphatic carbocycles. The van der Waals surface area contributed by atoms with Crippen LogP contribution in [0.3, 0.4) is 0 Å². The maximum atomic E-state index is 5.56. The molecule has 1 aromatic heterocycles. The fraction of sp³-hybridized carbons (Fsp3) is 0.818. The van der Waals surface area contributed by atoms with Crippen LogP contribution < -0.4 is 5.32 Å². The Morgan fingerprint density at radius 3 is 3.00 bits per heavy atom. The molecular formula is C11H19N3O3. The van der Waals surface area contributed by atoms with Crippen LogP contribution in [0.1, 0.15) is 38.1 Å². The molecule has 2 atom stereocenters. The lowest BCUT2D eigenvalue weighted by molar-refractivity contribution is -0.0106. The zero-order valence-corrected chi connectivity index (χ0v) is 10.5. The Kier molecular flexibility index (Phi) is 3.76. The average molecular weight is 241 g/mol. The molecule has 2 rings (SSSR count). The van der Waals surface area contributed by atoms with Gasteiger partial charge in [0.15, 0.2) is 0 Å². The molecule has 0 saturated carbocycles. The number of methoxy groups -OCH3 is 1. The van der Waals surface area contributed by atoms with Crippen molar-refractivity contribution in [3.05, 3.63) is 11.7 Å². The topological polar surface area (TPSA) is 69.4 Å². The summed E-state index contributed by atoms with van der Waals surface area (Å²) in [6.07, 6.45) is 0.634. The van der Waals surface area contributed by atoms with Crippen molar-refractivity contribution in [3.63, 3.8) is 0 Å². The second kappa shape index (κ2) is 5.12. The Balaban J connectivity index is 2.14. The summed E-state index contributed by atoms with van der Waals surface area (Å²) in [6.45, 7) is 6.21. The number of hydrogen-bond donors (Lipinski definition) is 1. The van der Waals surface area contributed by atoms with Gasteiger partial charge in [-0.1, -0.05) is 12.1 Å². The number of ether oxygens (including phenoxy) is 2. The molecule has 1 aliphatic heterocycles. The molecule has 6 heteroatoms. The first kappa shape index (κ1) is 12.5. The predicted molar refractivity (Wildman–Crippen MR) is 60.5 cm³/mol. The van der Waals surface area contributed by atoms with Gasteiger partial charge in [0.2, 0.25) is 5.82 Å². The van der Waals surface area contributed by atoms with E-state index in [4.69, 9.17) is 14.0 Å². The highest BCUT2D eigenvalue weighted by atomic mass is 16.5. The van der Waals surface area contributed by atoms with Gasteiger partial charge in [-0.3, -0.25) is 0 Å². The van der Waals surface area contributed by atoms with Crippen LogP contribution in [0.2, 0.25) is 0 Å². The summed E-state index contributed by atoms with van der Waals surface area (Å²) in [7, 11) is 1.65. The van der Waals surface area contributed by atoms with Crippen LogP contribution in [0.4, 0.5) is 0 Å². The Hall–Kier alpha value is -0.980. The number of rotatable bonds is 4. The first-order valence-corrected chi connectivity index (χ1v) is 5.91. The smallest absolute Gasteiger partial charge is 0.257 e. The molecule has 0 bridgehead atoms.